The Bertz CT molecular complexity index is 279. The third-order valence-corrected chi connectivity index (χ3v) is 3.00. The second-order valence-corrected chi connectivity index (χ2v) is 4.34. The Kier molecular flexibility index (Phi) is 1.80. The lowest BCUT2D eigenvalue weighted by Gasteiger charge is -2.24. The van der Waals surface area contributed by atoms with Crippen LogP contribution in [0.25, 0.3) is 0 Å². The largest absolute Gasteiger partial charge is 0.323 e. The number of rotatable bonds is 1. The van der Waals surface area contributed by atoms with Crippen molar-refractivity contribution in [2.45, 2.75) is 38.8 Å². The predicted octanol–water partition coefficient (Wildman–Crippen LogP) is 1.16. The highest BCUT2D eigenvalue weighted by Gasteiger charge is 2.54. The minimum absolute atomic E-state index is 0.0233. The molecule has 1 aliphatic heterocycles. The Labute approximate surface area is 78.3 Å². The maximum absolute atomic E-state index is 11.7. The Morgan fingerprint density at radius 1 is 1.54 bits per heavy atom. The maximum atomic E-state index is 11.7. The van der Waals surface area contributed by atoms with Crippen molar-refractivity contribution < 1.29 is 4.79 Å². The molecule has 0 radical (unpaired) electrons. The van der Waals surface area contributed by atoms with Crippen molar-refractivity contribution in [2.24, 2.45) is 11.8 Å². The first kappa shape index (κ1) is 8.55. The van der Waals surface area contributed by atoms with E-state index in [1.54, 1.807) is 0 Å². The van der Waals surface area contributed by atoms with Crippen LogP contribution < -0.4 is 0 Å². The molecular weight excluding hydrogens is 164 g/mol. The van der Waals surface area contributed by atoms with Crippen LogP contribution in [0.5, 0.6) is 0 Å². The summed E-state index contributed by atoms with van der Waals surface area (Å²) in [5, 5.41) is 8.86. The molecule has 0 N–H and O–H groups in total. The van der Waals surface area contributed by atoms with E-state index in [4.69, 9.17) is 5.26 Å². The summed E-state index contributed by atoms with van der Waals surface area (Å²) in [6, 6.07) is 2.48. The number of nitriles is 1. The van der Waals surface area contributed by atoms with Gasteiger partial charge in [-0.25, -0.2) is 0 Å². The van der Waals surface area contributed by atoms with Gasteiger partial charge >= 0.3 is 0 Å². The third kappa shape index (κ3) is 1.21. The van der Waals surface area contributed by atoms with Crippen LogP contribution >= 0.6 is 0 Å². The van der Waals surface area contributed by atoms with Gasteiger partial charge in [0.15, 0.2) is 0 Å². The van der Waals surface area contributed by atoms with E-state index in [0.29, 0.717) is 12.0 Å². The van der Waals surface area contributed by atoms with E-state index in [0.717, 1.165) is 12.8 Å². The van der Waals surface area contributed by atoms with Gasteiger partial charge in [0.25, 0.3) is 0 Å². The molecular formula is C10H14N2O. The highest BCUT2D eigenvalue weighted by atomic mass is 16.2. The van der Waals surface area contributed by atoms with Crippen LogP contribution in [0, 0.1) is 23.2 Å². The van der Waals surface area contributed by atoms with Crippen LogP contribution in [0.1, 0.15) is 26.7 Å². The fourth-order valence-corrected chi connectivity index (χ4v) is 2.19. The van der Waals surface area contributed by atoms with Crippen molar-refractivity contribution in [3.05, 3.63) is 0 Å². The van der Waals surface area contributed by atoms with Gasteiger partial charge < -0.3 is 4.90 Å². The van der Waals surface area contributed by atoms with E-state index < -0.39 is 0 Å². The van der Waals surface area contributed by atoms with Gasteiger partial charge in [-0.15, -0.1) is 0 Å². The average molecular weight is 178 g/mol. The Morgan fingerprint density at radius 2 is 2.23 bits per heavy atom. The number of nitrogens with zero attached hydrogens (tertiary/aromatic N) is 2. The van der Waals surface area contributed by atoms with Gasteiger partial charge in [0, 0.05) is 12.0 Å². The number of carbonyl (C=O) groups excluding carboxylic acids is 1. The lowest BCUT2D eigenvalue weighted by Crippen LogP contribution is -2.40. The summed E-state index contributed by atoms with van der Waals surface area (Å²) in [5.74, 6) is 0.805. The van der Waals surface area contributed by atoms with E-state index in [9.17, 15) is 4.79 Å². The summed E-state index contributed by atoms with van der Waals surface area (Å²) in [4.78, 5) is 13.5. The Hall–Kier alpha value is -1.04. The quantitative estimate of drug-likeness (QED) is 0.604. The van der Waals surface area contributed by atoms with Crippen molar-refractivity contribution in [3.63, 3.8) is 0 Å². The molecule has 0 aromatic carbocycles. The number of hydrogen-bond donors (Lipinski definition) is 0. The Morgan fingerprint density at radius 3 is 2.77 bits per heavy atom. The van der Waals surface area contributed by atoms with Gasteiger partial charge in [0.1, 0.15) is 6.04 Å². The van der Waals surface area contributed by atoms with Crippen molar-refractivity contribution in [1.82, 2.24) is 4.90 Å². The summed E-state index contributed by atoms with van der Waals surface area (Å²) in [7, 11) is 0. The second-order valence-electron chi connectivity index (χ2n) is 4.34. The zero-order valence-corrected chi connectivity index (χ0v) is 8.03. The molecule has 0 aromatic heterocycles. The summed E-state index contributed by atoms with van der Waals surface area (Å²) in [6.07, 6.45) is 2.02. The van der Waals surface area contributed by atoms with Crippen molar-refractivity contribution in [2.75, 3.05) is 0 Å². The van der Waals surface area contributed by atoms with Crippen LogP contribution in [0.4, 0.5) is 0 Å². The number of fused-ring (bicyclic) bond motifs is 1. The molecule has 0 spiro atoms. The SMILES string of the molecule is CC(C)C(=O)N1[C@@H](C#N)C[C@@H]2C[C@@H]21. The van der Waals surface area contributed by atoms with Gasteiger partial charge in [-0.2, -0.15) is 5.26 Å². The topological polar surface area (TPSA) is 44.1 Å². The van der Waals surface area contributed by atoms with Crippen molar-refractivity contribution in [3.8, 4) is 6.07 Å². The molecule has 0 unspecified atom stereocenters. The van der Waals surface area contributed by atoms with E-state index in [1.807, 2.05) is 18.7 Å². The summed E-state index contributed by atoms with van der Waals surface area (Å²) in [5.41, 5.74) is 0. The number of piperidine rings is 1. The molecule has 1 saturated carbocycles. The molecule has 1 amide bonds. The van der Waals surface area contributed by atoms with Gasteiger partial charge in [-0.3, -0.25) is 4.79 Å². The number of amides is 1. The average Bonchev–Trinajstić information content (AvgIpc) is 2.76. The van der Waals surface area contributed by atoms with Gasteiger partial charge in [-0.05, 0) is 18.8 Å². The standard InChI is InChI=1S/C10H14N2O/c1-6(2)10(13)12-8(5-11)3-7-4-9(7)12/h6-9H,3-4H2,1-2H3/t7-,8-,9+/m1/s1. The molecule has 2 fully saturated rings. The van der Waals surface area contributed by atoms with Gasteiger partial charge in [0.2, 0.25) is 5.91 Å². The molecule has 2 aliphatic rings. The number of hydrogen-bond acceptors (Lipinski definition) is 2. The maximum Gasteiger partial charge on any atom is 0.226 e. The minimum atomic E-state index is -0.140. The van der Waals surface area contributed by atoms with E-state index >= 15 is 0 Å². The molecule has 3 nitrogen and oxygen atoms in total. The van der Waals surface area contributed by atoms with Crippen LogP contribution in [0.15, 0.2) is 0 Å². The van der Waals surface area contributed by atoms with E-state index in [2.05, 4.69) is 6.07 Å². The van der Waals surface area contributed by atoms with Crippen molar-refractivity contribution >= 4 is 5.91 Å². The smallest absolute Gasteiger partial charge is 0.226 e. The monoisotopic (exact) mass is 178 g/mol. The lowest BCUT2D eigenvalue weighted by atomic mass is 10.1. The summed E-state index contributed by atoms with van der Waals surface area (Å²) < 4.78 is 0. The number of likely N-dealkylation sites (tertiary alicyclic amines) is 1. The molecule has 1 aliphatic carbocycles. The fourth-order valence-electron chi connectivity index (χ4n) is 2.19. The molecule has 0 bridgehead atoms. The fraction of sp³-hybridized carbons (Fsp3) is 0.800. The number of carbonyl (C=O) groups is 1. The lowest BCUT2D eigenvalue weighted by molar-refractivity contribution is -0.135. The first-order chi connectivity index (χ1) is 6.15. The molecule has 1 saturated heterocycles. The second kappa shape index (κ2) is 2.73. The normalized spacial score (nSPS) is 35.8. The minimum Gasteiger partial charge on any atom is -0.323 e. The predicted molar refractivity (Wildman–Crippen MR) is 47.6 cm³/mol. The molecule has 0 aromatic rings. The first-order valence-electron chi connectivity index (χ1n) is 4.87. The van der Waals surface area contributed by atoms with Gasteiger partial charge in [-0.1, -0.05) is 13.8 Å². The summed E-state index contributed by atoms with van der Waals surface area (Å²) >= 11 is 0. The highest BCUT2D eigenvalue weighted by molar-refractivity contribution is 5.80. The third-order valence-electron chi connectivity index (χ3n) is 3.00. The molecule has 2 rings (SSSR count). The molecule has 3 heteroatoms. The first-order valence-corrected chi connectivity index (χ1v) is 4.87. The van der Waals surface area contributed by atoms with Gasteiger partial charge in [0.05, 0.1) is 6.07 Å². The van der Waals surface area contributed by atoms with E-state index in [-0.39, 0.29) is 17.9 Å². The van der Waals surface area contributed by atoms with Crippen LogP contribution in [-0.2, 0) is 4.79 Å². The van der Waals surface area contributed by atoms with E-state index in [1.165, 1.54) is 0 Å². The summed E-state index contributed by atoms with van der Waals surface area (Å²) in [6.45, 7) is 3.79. The van der Waals surface area contributed by atoms with Crippen molar-refractivity contribution in [1.29, 1.82) is 5.26 Å². The Balaban J connectivity index is 2.13. The highest BCUT2D eigenvalue weighted by Crippen LogP contribution is 2.48. The molecule has 70 valence electrons. The molecule has 13 heavy (non-hydrogen) atoms. The van der Waals surface area contributed by atoms with Crippen LogP contribution in [-0.4, -0.2) is 22.9 Å². The molecule has 1 heterocycles. The van der Waals surface area contributed by atoms with Crippen LogP contribution in [0.2, 0.25) is 0 Å². The zero-order chi connectivity index (χ0) is 9.59. The molecule has 3 atom stereocenters. The zero-order valence-electron chi connectivity index (χ0n) is 8.03. The van der Waals surface area contributed by atoms with Crippen LogP contribution in [0.3, 0.4) is 0 Å².